The van der Waals surface area contributed by atoms with Crippen molar-refractivity contribution in [3.05, 3.63) is 17.3 Å². The zero-order chi connectivity index (χ0) is 13.9. The molecule has 0 aromatic carbocycles. The first-order chi connectivity index (χ1) is 8.36. The van der Waals surface area contributed by atoms with Gasteiger partial charge in [0, 0.05) is 20.0 Å². The Hall–Kier alpha value is -1.85. The summed E-state index contributed by atoms with van der Waals surface area (Å²) in [6.07, 6.45) is 0. The minimum atomic E-state index is -0.924. The maximum absolute atomic E-state index is 12.2. The topological polar surface area (TPSA) is 83.6 Å². The molecule has 6 heteroatoms. The Balaban J connectivity index is 2.86. The SMILES string of the molecule is CCN(CC(C)C(=O)O)C(=O)c1oc(C)nc1C. The molecule has 1 aromatic heterocycles. The first-order valence-corrected chi connectivity index (χ1v) is 5.82. The Morgan fingerprint density at radius 3 is 2.44 bits per heavy atom. The maximum atomic E-state index is 12.2. The molecule has 0 saturated heterocycles. The van der Waals surface area contributed by atoms with E-state index in [1.54, 1.807) is 27.7 Å². The predicted molar refractivity (Wildman–Crippen MR) is 64.4 cm³/mol. The summed E-state index contributed by atoms with van der Waals surface area (Å²) in [5, 5.41) is 8.86. The highest BCUT2D eigenvalue weighted by Gasteiger charge is 2.24. The maximum Gasteiger partial charge on any atom is 0.308 e. The van der Waals surface area contributed by atoms with Crippen LogP contribution in [0.4, 0.5) is 0 Å². The van der Waals surface area contributed by atoms with Gasteiger partial charge in [0.05, 0.1) is 11.6 Å². The normalized spacial score (nSPS) is 12.2. The second kappa shape index (κ2) is 5.66. The van der Waals surface area contributed by atoms with E-state index in [0.717, 1.165) is 0 Å². The van der Waals surface area contributed by atoms with Crippen LogP contribution < -0.4 is 0 Å². The number of aromatic nitrogens is 1. The van der Waals surface area contributed by atoms with Gasteiger partial charge in [-0.3, -0.25) is 9.59 Å². The first kappa shape index (κ1) is 14.2. The lowest BCUT2D eigenvalue weighted by molar-refractivity contribution is -0.141. The van der Waals surface area contributed by atoms with Crippen molar-refractivity contribution in [2.45, 2.75) is 27.7 Å². The fourth-order valence-corrected chi connectivity index (χ4v) is 1.64. The molecule has 0 aliphatic heterocycles. The molecule has 1 amide bonds. The van der Waals surface area contributed by atoms with Crippen molar-refractivity contribution in [2.24, 2.45) is 5.92 Å². The van der Waals surface area contributed by atoms with Crippen LogP contribution >= 0.6 is 0 Å². The zero-order valence-corrected chi connectivity index (χ0v) is 11.1. The number of carboxylic acid groups (broad SMARTS) is 1. The van der Waals surface area contributed by atoms with E-state index < -0.39 is 11.9 Å². The largest absolute Gasteiger partial charge is 0.481 e. The van der Waals surface area contributed by atoms with Crippen LogP contribution in [0.25, 0.3) is 0 Å². The first-order valence-electron chi connectivity index (χ1n) is 5.82. The smallest absolute Gasteiger partial charge is 0.308 e. The van der Waals surface area contributed by atoms with Crippen molar-refractivity contribution >= 4 is 11.9 Å². The fraction of sp³-hybridized carbons (Fsp3) is 0.583. The molecule has 1 atom stereocenters. The van der Waals surface area contributed by atoms with Crippen molar-refractivity contribution < 1.29 is 19.1 Å². The standard InChI is InChI=1S/C12H18N2O4/c1-5-14(6-7(2)12(16)17)11(15)10-8(3)13-9(4)18-10/h7H,5-6H2,1-4H3,(H,16,17). The van der Waals surface area contributed by atoms with Crippen LogP contribution in [0, 0.1) is 19.8 Å². The molecule has 1 heterocycles. The van der Waals surface area contributed by atoms with Crippen molar-refractivity contribution in [3.8, 4) is 0 Å². The van der Waals surface area contributed by atoms with E-state index in [9.17, 15) is 9.59 Å². The van der Waals surface area contributed by atoms with Crippen LogP contribution in [0.5, 0.6) is 0 Å². The molecule has 6 nitrogen and oxygen atoms in total. The third-order valence-electron chi connectivity index (χ3n) is 2.68. The second-order valence-corrected chi connectivity index (χ2v) is 4.23. The van der Waals surface area contributed by atoms with E-state index in [4.69, 9.17) is 9.52 Å². The number of hydrogen-bond acceptors (Lipinski definition) is 4. The van der Waals surface area contributed by atoms with E-state index >= 15 is 0 Å². The van der Waals surface area contributed by atoms with Crippen LogP contribution in [-0.2, 0) is 4.79 Å². The van der Waals surface area contributed by atoms with Gasteiger partial charge < -0.3 is 14.4 Å². The van der Waals surface area contributed by atoms with Crippen LogP contribution in [-0.4, -0.2) is 40.0 Å². The number of aryl methyl sites for hydroxylation is 2. The average molecular weight is 254 g/mol. The van der Waals surface area contributed by atoms with Gasteiger partial charge in [0.25, 0.3) is 5.91 Å². The summed E-state index contributed by atoms with van der Waals surface area (Å²) < 4.78 is 5.25. The van der Waals surface area contributed by atoms with E-state index in [0.29, 0.717) is 18.1 Å². The molecule has 18 heavy (non-hydrogen) atoms. The van der Waals surface area contributed by atoms with Gasteiger partial charge in [-0.25, -0.2) is 4.98 Å². The number of carbonyl (C=O) groups is 2. The minimum absolute atomic E-state index is 0.157. The average Bonchev–Trinajstić information content (AvgIpc) is 2.63. The number of rotatable bonds is 5. The Kier molecular flexibility index (Phi) is 4.47. The van der Waals surface area contributed by atoms with Crippen molar-refractivity contribution in [1.82, 2.24) is 9.88 Å². The molecule has 0 radical (unpaired) electrons. The highest BCUT2D eigenvalue weighted by Crippen LogP contribution is 2.13. The number of carboxylic acids is 1. The van der Waals surface area contributed by atoms with Gasteiger partial charge in [-0.05, 0) is 13.8 Å². The van der Waals surface area contributed by atoms with Gasteiger partial charge in [0.15, 0.2) is 5.89 Å². The van der Waals surface area contributed by atoms with Gasteiger partial charge in [-0.15, -0.1) is 0 Å². The van der Waals surface area contributed by atoms with E-state index in [2.05, 4.69) is 4.98 Å². The van der Waals surface area contributed by atoms with Gasteiger partial charge >= 0.3 is 5.97 Å². The lowest BCUT2D eigenvalue weighted by atomic mass is 10.1. The number of aliphatic carboxylic acids is 1. The number of nitrogens with zero attached hydrogens (tertiary/aromatic N) is 2. The minimum Gasteiger partial charge on any atom is -0.481 e. The Morgan fingerprint density at radius 1 is 1.44 bits per heavy atom. The summed E-state index contributed by atoms with van der Waals surface area (Å²) in [5.74, 6) is -1.24. The molecule has 1 aromatic rings. The monoisotopic (exact) mass is 254 g/mol. The summed E-state index contributed by atoms with van der Waals surface area (Å²) in [5.41, 5.74) is 0.527. The number of amides is 1. The van der Waals surface area contributed by atoms with Crippen LogP contribution in [0.1, 0.15) is 36.0 Å². The summed E-state index contributed by atoms with van der Waals surface area (Å²) in [4.78, 5) is 28.5. The molecule has 1 N–H and O–H groups in total. The molecular weight excluding hydrogens is 236 g/mol. The summed E-state index contributed by atoms with van der Waals surface area (Å²) in [6, 6.07) is 0. The quantitative estimate of drug-likeness (QED) is 0.860. The van der Waals surface area contributed by atoms with Crippen LogP contribution in [0.2, 0.25) is 0 Å². The van der Waals surface area contributed by atoms with Gasteiger partial charge in [-0.2, -0.15) is 0 Å². The van der Waals surface area contributed by atoms with Crippen molar-refractivity contribution in [2.75, 3.05) is 13.1 Å². The lowest BCUT2D eigenvalue weighted by Gasteiger charge is -2.21. The van der Waals surface area contributed by atoms with Crippen LogP contribution in [0.3, 0.4) is 0 Å². The highest BCUT2D eigenvalue weighted by molar-refractivity contribution is 5.92. The molecule has 100 valence electrons. The van der Waals surface area contributed by atoms with Crippen molar-refractivity contribution in [3.63, 3.8) is 0 Å². The fourth-order valence-electron chi connectivity index (χ4n) is 1.64. The van der Waals surface area contributed by atoms with Gasteiger partial charge in [0.1, 0.15) is 0 Å². The lowest BCUT2D eigenvalue weighted by Crippen LogP contribution is -2.36. The molecule has 0 saturated carbocycles. The van der Waals surface area contributed by atoms with E-state index in [1.165, 1.54) is 4.90 Å². The second-order valence-electron chi connectivity index (χ2n) is 4.23. The predicted octanol–water partition coefficient (Wildman–Crippen LogP) is 1.47. The molecule has 0 aliphatic carbocycles. The van der Waals surface area contributed by atoms with E-state index in [-0.39, 0.29) is 18.2 Å². The molecule has 0 fully saturated rings. The summed E-state index contributed by atoms with van der Waals surface area (Å²) in [6.45, 7) is 7.30. The molecule has 1 unspecified atom stereocenters. The van der Waals surface area contributed by atoms with E-state index in [1.807, 2.05) is 0 Å². The Bertz CT molecular complexity index is 453. The number of hydrogen-bond donors (Lipinski definition) is 1. The Labute approximate surface area is 106 Å². The molecule has 1 rings (SSSR count). The summed E-state index contributed by atoms with van der Waals surface area (Å²) in [7, 11) is 0. The number of oxazole rings is 1. The van der Waals surface area contributed by atoms with Crippen molar-refractivity contribution in [1.29, 1.82) is 0 Å². The Morgan fingerprint density at radius 2 is 2.06 bits per heavy atom. The van der Waals surface area contributed by atoms with Gasteiger partial charge in [-0.1, -0.05) is 6.92 Å². The molecule has 0 spiro atoms. The molecular formula is C12H18N2O4. The van der Waals surface area contributed by atoms with Gasteiger partial charge in [0.2, 0.25) is 5.76 Å². The third-order valence-corrected chi connectivity index (χ3v) is 2.68. The number of carbonyl (C=O) groups excluding carboxylic acids is 1. The molecule has 0 aliphatic rings. The zero-order valence-electron chi connectivity index (χ0n) is 11.1. The third kappa shape index (κ3) is 3.09. The molecule has 0 bridgehead atoms. The highest BCUT2D eigenvalue weighted by atomic mass is 16.4. The summed E-state index contributed by atoms with van der Waals surface area (Å²) >= 11 is 0. The van der Waals surface area contributed by atoms with Crippen LogP contribution in [0.15, 0.2) is 4.42 Å².